The highest BCUT2D eigenvalue weighted by Crippen LogP contribution is 2.27. The summed E-state index contributed by atoms with van der Waals surface area (Å²) in [6.45, 7) is 3.97. The third kappa shape index (κ3) is 4.77. The van der Waals surface area contributed by atoms with Crippen molar-refractivity contribution in [2.24, 2.45) is 0 Å². The number of hydrogen-bond acceptors (Lipinski definition) is 6. The molecule has 0 aliphatic rings. The molecule has 0 saturated heterocycles. The van der Waals surface area contributed by atoms with E-state index in [1.54, 1.807) is 34.1 Å². The molecule has 2 heterocycles. The third-order valence-electron chi connectivity index (χ3n) is 4.64. The Hall–Kier alpha value is -2.97. The summed E-state index contributed by atoms with van der Waals surface area (Å²) in [7, 11) is 0. The van der Waals surface area contributed by atoms with Crippen molar-refractivity contribution in [3.05, 3.63) is 88.9 Å². The van der Waals surface area contributed by atoms with Gasteiger partial charge in [0, 0.05) is 22.4 Å². The van der Waals surface area contributed by atoms with Crippen LogP contribution in [0, 0.1) is 6.92 Å². The van der Waals surface area contributed by atoms with Crippen LogP contribution in [-0.4, -0.2) is 25.7 Å². The second kappa shape index (κ2) is 9.23. The first kappa shape index (κ1) is 20.3. The van der Waals surface area contributed by atoms with Crippen molar-refractivity contribution in [2.45, 2.75) is 30.0 Å². The summed E-state index contributed by atoms with van der Waals surface area (Å²) in [5, 5.41) is 9.28. The predicted octanol–water partition coefficient (Wildman–Crippen LogP) is 4.82. The molecule has 8 heteroatoms. The van der Waals surface area contributed by atoms with Crippen molar-refractivity contribution < 1.29 is 4.79 Å². The lowest BCUT2D eigenvalue weighted by atomic mass is 10.1. The standard InChI is InChI=1S/C22H21N5OS2/c1-15-11-29-22(25-15)30-12-18-5-3-4-6-20(18)21(28)26-16(2)17-7-9-19(10-8-17)27-14-23-13-24-27/h3-11,13-14,16H,12H2,1-2H3,(H,26,28). The lowest BCUT2D eigenvalue weighted by Crippen LogP contribution is -2.27. The Morgan fingerprint density at radius 1 is 1.20 bits per heavy atom. The minimum Gasteiger partial charge on any atom is -0.346 e. The maximum Gasteiger partial charge on any atom is 0.252 e. The smallest absolute Gasteiger partial charge is 0.252 e. The number of thioether (sulfide) groups is 1. The van der Waals surface area contributed by atoms with E-state index >= 15 is 0 Å². The molecule has 30 heavy (non-hydrogen) atoms. The van der Waals surface area contributed by atoms with Gasteiger partial charge in [0.2, 0.25) is 0 Å². The summed E-state index contributed by atoms with van der Waals surface area (Å²) in [6.07, 6.45) is 3.16. The fourth-order valence-corrected chi connectivity index (χ4v) is 4.87. The van der Waals surface area contributed by atoms with E-state index in [-0.39, 0.29) is 11.9 Å². The summed E-state index contributed by atoms with van der Waals surface area (Å²) < 4.78 is 2.72. The molecule has 1 N–H and O–H groups in total. The van der Waals surface area contributed by atoms with Crippen LogP contribution in [0.1, 0.15) is 40.1 Å². The van der Waals surface area contributed by atoms with E-state index in [0.717, 1.165) is 26.8 Å². The Balaban J connectivity index is 1.43. The Morgan fingerprint density at radius 3 is 2.70 bits per heavy atom. The first-order valence-corrected chi connectivity index (χ1v) is 11.4. The number of aromatic nitrogens is 4. The van der Waals surface area contributed by atoms with Gasteiger partial charge in [-0.3, -0.25) is 4.79 Å². The number of hydrogen-bond donors (Lipinski definition) is 1. The number of carbonyl (C=O) groups excluding carboxylic acids is 1. The molecule has 0 radical (unpaired) electrons. The van der Waals surface area contributed by atoms with Gasteiger partial charge in [-0.2, -0.15) is 5.10 Å². The highest BCUT2D eigenvalue weighted by Gasteiger charge is 2.15. The van der Waals surface area contributed by atoms with Crippen LogP contribution < -0.4 is 5.32 Å². The number of thiazole rings is 1. The highest BCUT2D eigenvalue weighted by molar-refractivity contribution is 8.00. The van der Waals surface area contributed by atoms with Crippen molar-refractivity contribution >= 4 is 29.0 Å². The van der Waals surface area contributed by atoms with Gasteiger partial charge in [0.15, 0.2) is 0 Å². The van der Waals surface area contributed by atoms with E-state index in [1.807, 2.05) is 67.8 Å². The average molecular weight is 436 g/mol. The van der Waals surface area contributed by atoms with Gasteiger partial charge in [-0.25, -0.2) is 14.6 Å². The molecule has 2 aromatic carbocycles. The maximum absolute atomic E-state index is 13.0. The zero-order valence-corrected chi connectivity index (χ0v) is 18.3. The molecule has 2 aromatic heterocycles. The Morgan fingerprint density at radius 2 is 2.00 bits per heavy atom. The van der Waals surface area contributed by atoms with Crippen LogP contribution in [0.25, 0.3) is 5.69 Å². The quantitative estimate of drug-likeness (QED) is 0.422. The molecule has 0 fully saturated rings. The van der Waals surface area contributed by atoms with Crippen LogP contribution in [0.4, 0.5) is 0 Å². The number of nitrogens with zero attached hydrogens (tertiary/aromatic N) is 4. The minimum absolute atomic E-state index is 0.0747. The largest absolute Gasteiger partial charge is 0.346 e. The van der Waals surface area contributed by atoms with Crippen LogP contribution in [0.3, 0.4) is 0 Å². The van der Waals surface area contributed by atoms with Gasteiger partial charge in [0.25, 0.3) is 5.91 Å². The SMILES string of the molecule is Cc1csc(SCc2ccccc2C(=O)NC(C)c2ccc(-n3cncn3)cc2)n1. The second-order valence-corrected chi connectivity index (χ2v) is 8.91. The monoisotopic (exact) mass is 435 g/mol. The van der Waals surface area contributed by atoms with Crippen molar-refractivity contribution in [1.82, 2.24) is 25.1 Å². The van der Waals surface area contributed by atoms with Crippen LogP contribution in [-0.2, 0) is 5.75 Å². The Kier molecular flexibility index (Phi) is 6.25. The van der Waals surface area contributed by atoms with E-state index in [0.29, 0.717) is 11.3 Å². The molecule has 0 bridgehead atoms. The van der Waals surface area contributed by atoms with Crippen LogP contribution in [0.2, 0.25) is 0 Å². The van der Waals surface area contributed by atoms with Crippen LogP contribution in [0.5, 0.6) is 0 Å². The normalized spacial score (nSPS) is 11.9. The predicted molar refractivity (Wildman–Crippen MR) is 120 cm³/mol. The van der Waals surface area contributed by atoms with Gasteiger partial charge in [0.05, 0.1) is 11.7 Å². The molecule has 1 atom stereocenters. The Bertz CT molecular complexity index is 1120. The fourth-order valence-electron chi connectivity index (χ4n) is 3.02. The minimum atomic E-state index is -0.121. The number of benzene rings is 2. The molecule has 0 saturated carbocycles. The zero-order valence-electron chi connectivity index (χ0n) is 16.6. The molecule has 4 rings (SSSR count). The summed E-state index contributed by atoms with van der Waals surface area (Å²) in [4.78, 5) is 21.4. The molecule has 152 valence electrons. The van der Waals surface area contributed by atoms with E-state index in [9.17, 15) is 4.79 Å². The van der Waals surface area contributed by atoms with E-state index < -0.39 is 0 Å². The lowest BCUT2D eigenvalue weighted by Gasteiger charge is -2.16. The highest BCUT2D eigenvalue weighted by atomic mass is 32.2. The number of aryl methyl sites for hydroxylation is 1. The number of carbonyl (C=O) groups is 1. The number of nitrogens with one attached hydrogen (secondary N) is 1. The van der Waals surface area contributed by atoms with Crippen molar-refractivity contribution in [3.8, 4) is 5.69 Å². The molecule has 0 aliphatic heterocycles. The maximum atomic E-state index is 13.0. The van der Waals surface area contributed by atoms with Gasteiger partial charge < -0.3 is 5.32 Å². The molecule has 0 spiro atoms. The zero-order chi connectivity index (χ0) is 20.9. The topological polar surface area (TPSA) is 72.7 Å². The van der Waals surface area contributed by atoms with Crippen LogP contribution in [0.15, 0.2) is 70.9 Å². The molecule has 4 aromatic rings. The van der Waals surface area contributed by atoms with E-state index in [2.05, 4.69) is 20.4 Å². The van der Waals surface area contributed by atoms with Crippen molar-refractivity contribution in [3.63, 3.8) is 0 Å². The van der Waals surface area contributed by atoms with Crippen LogP contribution >= 0.6 is 23.1 Å². The first-order valence-electron chi connectivity index (χ1n) is 9.49. The van der Waals surface area contributed by atoms with Gasteiger partial charge in [-0.05, 0) is 43.2 Å². The Labute approximate surface area is 183 Å². The molecule has 0 aliphatic carbocycles. The molecule has 6 nitrogen and oxygen atoms in total. The van der Waals surface area contributed by atoms with Crippen molar-refractivity contribution in [2.75, 3.05) is 0 Å². The molecular formula is C22H21N5OS2. The molecule has 1 unspecified atom stereocenters. The number of amides is 1. The van der Waals surface area contributed by atoms with Crippen molar-refractivity contribution in [1.29, 1.82) is 0 Å². The summed E-state index contributed by atoms with van der Waals surface area (Å²) in [5.41, 5.74) is 4.68. The average Bonchev–Trinajstić information content (AvgIpc) is 3.44. The molecular weight excluding hydrogens is 414 g/mol. The molecule has 1 amide bonds. The number of rotatable bonds is 7. The van der Waals surface area contributed by atoms with Gasteiger partial charge >= 0.3 is 0 Å². The van der Waals surface area contributed by atoms with E-state index in [1.165, 1.54) is 6.33 Å². The summed E-state index contributed by atoms with van der Waals surface area (Å²) in [6, 6.07) is 15.5. The first-order chi connectivity index (χ1) is 14.6. The third-order valence-corrected chi connectivity index (χ3v) is 6.82. The second-order valence-electron chi connectivity index (χ2n) is 6.83. The van der Waals surface area contributed by atoms with Gasteiger partial charge in [0.1, 0.15) is 17.0 Å². The fraction of sp³-hybridized carbons (Fsp3) is 0.182. The summed E-state index contributed by atoms with van der Waals surface area (Å²) >= 11 is 3.29. The summed E-state index contributed by atoms with van der Waals surface area (Å²) in [5.74, 6) is 0.631. The lowest BCUT2D eigenvalue weighted by molar-refractivity contribution is 0.0939. The van der Waals surface area contributed by atoms with Gasteiger partial charge in [-0.1, -0.05) is 42.1 Å². The van der Waals surface area contributed by atoms with Gasteiger partial charge in [-0.15, -0.1) is 11.3 Å². The van der Waals surface area contributed by atoms with E-state index in [4.69, 9.17) is 0 Å².